The molecule has 0 saturated heterocycles. The highest BCUT2D eigenvalue weighted by Gasteiger charge is 2.14. The van der Waals surface area contributed by atoms with E-state index < -0.39 is 0 Å². The van der Waals surface area contributed by atoms with E-state index in [0.29, 0.717) is 12.4 Å². The summed E-state index contributed by atoms with van der Waals surface area (Å²) in [6, 6.07) is 4.78. The molecule has 0 heterocycles. The Labute approximate surface area is 99.6 Å². The summed E-state index contributed by atoms with van der Waals surface area (Å²) in [5.41, 5.74) is 0.701. The van der Waals surface area contributed by atoms with Crippen LogP contribution in [-0.4, -0.2) is 11.4 Å². The molecule has 1 aromatic carbocycles. The van der Waals surface area contributed by atoms with Crippen molar-refractivity contribution in [3.63, 3.8) is 0 Å². The number of nitrogens with one attached hydrogen (secondary N) is 1. The molecule has 0 fully saturated rings. The van der Waals surface area contributed by atoms with E-state index >= 15 is 0 Å². The largest absolute Gasteiger partial charge is 0.307 e. The molecule has 0 spiro atoms. The predicted octanol–water partition coefficient (Wildman–Crippen LogP) is 3.59. The van der Waals surface area contributed by atoms with Crippen LogP contribution in [0.25, 0.3) is 0 Å². The van der Waals surface area contributed by atoms with Gasteiger partial charge in [0.1, 0.15) is 5.82 Å². The minimum Gasteiger partial charge on any atom is -0.307 e. The van der Waals surface area contributed by atoms with Gasteiger partial charge in [-0.15, -0.1) is 11.6 Å². The van der Waals surface area contributed by atoms with Crippen LogP contribution >= 0.6 is 23.2 Å². The minimum atomic E-state index is -0.389. The van der Waals surface area contributed by atoms with Gasteiger partial charge < -0.3 is 5.32 Å². The molecular formula is C11H14Cl2FN. The summed E-state index contributed by atoms with van der Waals surface area (Å²) in [4.78, 5) is 0. The molecule has 1 aromatic rings. The lowest BCUT2D eigenvalue weighted by Crippen LogP contribution is -2.40. The summed E-state index contributed by atoms with van der Waals surface area (Å²) >= 11 is 11.3. The van der Waals surface area contributed by atoms with Crippen LogP contribution in [0.2, 0.25) is 5.02 Å². The maximum atomic E-state index is 13.1. The number of alkyl halides is 1. The van der Waals surface area contributed by atoms with Gasteiger partial charge in [-0.05, 0) is 31.5 Å². The van der Waals surface area contributed by atoms with E-state index in [0.717, 1.165) is 5.56 Å². The molecule has 0 aromatic heterocycles. The fourth-order valence-electron chi connectivity index (χ4n) is 1.04. The molecule has 0 unspecified atom stereocenters. The lowest BCUT2D eigenvalue weighted by atomic mass is 10.1. The van der Waals surface area contributed by atoms with Crippen LogP contribution in [0.3, 0.4) is 0 Å². The van der Waals surface area contributed by atoms with Crippen molar-refractivity contribution in [2.75, 3.05) is 5.88 Å². The van der Waals surface area contributed by atoms with Crippen LogP contribution in [-0.2, 0) is 6.54 Å². The molecule has 0 aliphatic rings. The number of hydrogen-bond donors (Lipinski definition) is 1. The molecular weight excluding hydrogens is 236 g/mol. The topological polar surface area (TPSA) is 12.0 Å². The van der Waals surface area contributed by atoms with Crippen molar-refractivity contribution in [2.45, 2.75) is 25.9 Å². The van der Waals surface area contributed by atoms with Gasteiger partial charge in [0.05, 0.1) is 5.02 Å². The van der Waals surface area contributed by atoms with Gasteiger partial charge in [-0.3, -0.25) is 0 Å². The minimum absolute atomic E-state index is 0.148. The van der Waals surface area contributed by atoms with Crippen molar-refractivity contribution in [2.24, 2.45) is 0 Å². The van der Waals surface area contributed by atoms with Gasteiger partial charge in [0.15, 0.2) is 0 Å². The molecule has 0 bridgehead atoms. The van der Waals surface area contributed by atoms with Crippen LogP contribution in [0.5, 0.6) is 0 Å². The summed E-state index contributed by atoms with van der Waals surface area (Å²) in [6.45, 7) is 4.56. The van der Waals surface area contributed by atoms with Gasteiger partial charge >= 0.3 is 0 Å². The van der Waals surface area contributed by atoms with E-state index in [1.54, 1.807) is 12.1 Å². The molecule has 0 aliphatic carbocycles. The van der Waals surface area contributed by atoms with Crippen LogP contribution in [0.4, 0.5) is 4.39 Å². The summed E-state index contributed by atoms with van der Waals surface area (Å²) in [5, 5.41) is 3.38. The molecule has 1 nitrogen and oxygen atoms in total. The highest BCUT2D eigenvalue weighted by atomic mass is 35.5. The van der Waals surface area contributed by atoms with Crippen LogP contribution in [0.1, 0.15) is 19.4 Å². The van der Waals surface area contributed by atoms with Crippen molar-refractivity contribution < 1.29 is 4.39 Å². The highest BCUT2D eigenvalue weighted by molar-refractivity contribution is 6.30. The molecule has 1 rings (SSSR count). The zero-order valence-corrected chi connectivity index (χ0v) is 10.3. The Hall–Kier alpha value is -0.310. The van der Waals surface area contributed by atoms with E-state index in [1.165, 1.54) is 6.07 Å². The fraction of sp³-hybridized carbons (Fsp3) is 0.455. The van der Waals surface area contributed by atoms with Gasteiger partial charge in [-0.2, -0.15) is 0 Å². The average Bonchev–Trinajstić information content (AvgIpc) is 2.20. The number of rotatable bonds is 4. The number of halogens is 3. The SMILES string of the molecule is CC(C)(CCl)NCc1ccc(Cl)c(F)c1. The predicted molar refractivity (Wildman–Crippen MR) is 63.0 cm³/mol. The normalized spacial score (nSPS) is 11.8. The van der Waals surface area contributed by atoms with Gasteiger partial charge in [0, 0.05) is 18.0 Å². The van der Waals surface area contributed by atoms with E-state index in [-0.39, 0.29) is 16.4 Å². The maximum Gasteiger partial charge on any atom is 0.142 e. The Morgan fingerprint density at radius 1 is 1.40 bits per heavy atom. The van der Waals surface area contributed by atoms with Crippen molar-refractivity contribution in [1.82, 2.24) is 5.32 Å². The molecule has 15 heavy (non-hydrogen) atoms. The lowest BCUT2D eigenvalue weighted by molar-refractivity contribution is 0.429. The third-order valence-electron chi connectivity index (χ3n) is 2.09. The van der Waals surface area contributed by atoms with Crippen molar-refractivity contribution in [3.8, 4) is 0 Å². The van der Waals surface area contributed by atoms with E-state index in [9.17, 15) is 4.39 Å². The fourth-order valence-corrected chi connectivity index (χ4v) is 1.25. The first-order chi connectivity index (χ1) is 6.94. The van der Waals surface area contributed by atoms with Crippen molar-refractivity contribution in [1.29, 1.82) is 0 Å². The molecule has 0 amide bonds. The Bertz CT molecular complexity index is 339. The number of hydrogen-bond acceptors (Lipinski definition) is 1. The quantitative estimate of drug-likeness (QED) is 0.805. The summed E-state index contributed by atoms with van der Waals surface area (Å²) in [5.74, 6) is 0.114. The Morgan fingerprint density at radius 2 is 2.07 bits per heavy atom. The highest BCUT2D eigenvalue weighted by Crippen LogP contribution is 2.16. The van der Waals surface area contributed by atoms with Gasteiger partial charge in [0.2, 0.25) is 0 Å². The summed E-state index contributed by atoms with van der Waals surface area (Å²) in [7, 11) is 0. The maximum absolute atomic E-state index is 13.1. The van der Waals surface area contributed by atoms with Gasteiger partial charge in [-0.25, -0.2) is 4.39 Å². The Kier molecular flexibility index (Phi) is 4.38. The second-order valence-electron chi connectivity index (χ2n) is 4.12. The van der Waals surface area contributed by atoms with E-state index in [4.69, 9.17) is 23.2 Å². The average molecular weight is 250 g/mol. The molecule has 0 aliphatic heterocycles. The smallest absolute Gasteiger partial charge is 0.142 e. The second kappa shape index (κ2) is 5.15. The molecule has 4 heteroatoms. The van der Waals surface area contributed by atoms with E-state index in [2.05, 4.69) is 5.32 Å². The molecule has 0 radical (unpaired) electrons. The zero-order chi connectivity index (χ0) is 11.5. The standard InChI is InChI=1S/C11H14Cl2FN/c1-11(2,7-12)15-6-8-3-4-9(13)10(14)5-8/h3-5,15H,6-7H2,1-2H3. The van der Waals surface area contributed by atoms with Crippen molar-refractivity contribution >= 4 is 23.2 Å². The summed E-state index contributed by atoms with van der Waals surface area (Å²) < 4.78 is 13.1. The zero-order valence-electron chi connectivity index (χ0n) is 8.78. The first kappa shape index (κ1) is 12.8. The first-order valence-electron chi connectivity index (χ1n) is 4.69. The van der Waals surface area contributed by atoms with Crippen molar-refractivity contribution in [3.05, 3.63) is 34.6 Å². The van der Waals surface area contributed by atoms with Crippen LogP contribution in [0, 0.1) is 5.82 Å². The monoisotopic (exact) mass is 249 g/mol. The third kappa shape index (κ3) is 3.98. The molecule has 1 N–H and O–H groups in total. The second-order valence-corrected chi connectivity index (χ2v) is 4.79. The van der Waals surface area contributed by atoms with Crippen LogP contribution < -0.4 is 5.32 Å². The van der Waals surface area contributed by atoms with Gasteiger partial charge in [0.25, 0.3) is 0 Å². The first-order valence-corrected chi connectivity index (χ1v) is 5.61. The summed E-state index contributed by atoms with van der Waals surface area (Å²) in [6.07, 6.45) is 0. The Morgan fingerprint density at radius 3 is 2.60 bits per heavy atom. The lowest BCUT2D eigenvalue weighted by Gasteiger charge is -2.23. The third-order valence-corrected chi connectivity index (χ3v) is 3.06. The Balaban J connectivity index is 2.62. The van der Waals surface area contributed by atoms with Gasteiger partial charge in [-0.1, -0.05) is 17.7 Å². The molecule has 0 saturated carbocycles. The number of benzene rings is 1. The molecule has 0 atom stereocenters. The van der Waals surface area contributed by atoms with E-state index in [1.807, 2.05) is 13.8 Å². The van der Waals surface area contributed by atoms with Crippen LogP contribution in [0.15, 0.2) is 18.2 Å². The molecule has 84 valence electrons.